The third kappa shape index (κ3) is 20.3. The number of aliphatic hydroxyl groups is 1. The standard InChI is InChI=1S/C82H88O16/c1-84-81-78(93-55-67-45-27-10-28-46-67)77(74(90-52-64-39-21-7-22-40-64)70(95-81)58-87-49-61-33-15-4-16-34-61)97-82-79(76(92-54-66-43-25-9-26-44-66)73(89-51-63-37-19-6-20-38-63)69(96-82)57-86-48-60-31-13-3-14-32-60)98-80-71(83)75(91-53-65-41-23-8-24-42-65)72(88-50-62-35-17-5-18-36-62)68(94-80)56-85-47-59-29-11-2-12-30-59/h2-46,68-83H,47-58H2,1H3/t68-,69-,70-,71+,72-,73-,74-,75-,76+,77+,78+,79+,80-,81+,82-/m1/s1. The van der Waals surface area contributed by atoms with Gasteiger partial charge in [-0.05, 0) is 50.1 Å². The molecule has 15 atom stereocenters. The molecule has 3 aliphatic rings. The minimum Gasteiger partial charge on any atom is -0.385 e. The fourth-order valence-electron chi connectivity index (χ4n) is 12.4. The van der Waals surface area contributed by atoms with E-state index in [1.165, 1.54) is 0 Å². The van der Waals surface area contributed by atoms with E-state index in [1.807, 2.05) is 273 Å². The third-order valence-corrected chi connectivity index (χ3v) is 17.5. The summed E-state index contributed by atoms with van der Waals surface area (Å²) in [5, 5.41) is 13.4. The van der Waals surface area contributed by atoms with Gasteiger partial charge < -0.3 is 76.2 Å². The van der Waals surface area contributed by atoms with E-state index in [-0.39, 0.29) is 79.3 Å². The van der Waals surface area contributed by atoms with Crippen molar-refractivity contribution in [3.63, 3.8) is 0 Å². The number of rotatable bonds is 35. The molecule has 0 amide bonds. The predicted octanol–water partition coefficient (Wildman–Crippen LogP) is 13.1. The number of hydrogen-bond acceptors (Lipinski definition) is 16. The first kappa shape index (κ1) is 70.2. The maximum Gasteiger partial charge on any atom is 0.187 e. The van der Waals surface area contributed by atoms with Crippen molar-refractivity contribution in [2.75, 3.05) is 26.9 Å². The van der Waals surface area contributed by atoms with E-state index in [0.29, 0.717) is 0 Å². The molecule has 512 valence electrons. The quantitative estimate of drug-likeness (QED) is 0.0399. The SMILES string of the molecule is CO[C@H]1O[C@H](COCc2ccccc2)[C@@H](OCc2ccccc2)[C@H](O[C@H]2O[C@H](COCc3ccccc3)[C@@H](OCc3ccccc3)[C@H](OCc3ccccc3)[C@@H]2O[C@H]2O[C@H](COCc3ccccc3)[C@@H](OCc3ccccc3)[C@H](OCc3ccccc3)[C@@H]2O)[C@@H]1OCc1ccccc1. The van der Waals surface area contributed by atoms with Gasteiger partial charge in [-0.1, -0.05) is 273 Å². The second-order valence-corrected chi connectivity index (χ2v) is 24.6. The van der Waals surface area contributed by atoms with Crippen molar-refractivity contribution in [3.05, 3.63) is 323 Å². The monoisotopic (exact) mass is 1330 g/mol. The number of methoxy groups -OCH3 is 1. The van der Waals surface area contributed by atoms with Crippen LogP contribution in [0.15, 0.2) is 273 Å². The van der Waals surface area contributed by atoms with Gasteiger partial charge in [0.2, 0.25) is 0 Å². The zero-order valence-electron chi connectivity index (χ0n) is 55.2. The Kier molecular flexibility index (Phi) is 26.9. The lowest BCUT2D eigenvalue weighted by atomic mass is 9.95. The summed E-state index contributed by atoms with van der Waals surface area (Å²) in [6.45, 7) is 1.73. The number of aliphatic hydroxyl groups excluding tert-OH is 1. The lowest BCUT2D eigenvalue weighted by Crippen LogP contribution is -2.68. The highest BCUT2D eigenvalue weighted by atomic mass is 16.8. The molecular weight excluding hydrogens is 1240 g/mol. The summed E-state index contributed by atoms with van der Waals surface area (Å²) in [6.07, 6.45) is -16.4. The van der Waals surface area contributed by atoms with Gasteiger partial charge in [0.05, 0.1) is 79.3 Å². The van der Waals surface area contributed by atoms with Crippen molar-refractivity contribution < 1.29 is 76.2 Å². The van der Waals surface area contributed by atoms with E-state index in [1.54, 1.807) is 7.11 Å². The minimum atomic E-state index is -1.52. The molecule has 16 heteroatoms. The maximum atomic E-state index is 13.4. The summed E-state index contributed by atoms with van der Waals surface area (Å²) in [7, 11) is 1.58. The normalized spacial score (nSPS) is 25.6. The van der Waals surface area contributed by atoms with E-state index < -0.39 is 92.1 Å². The minimum absolute atomic E-state index is 0.0115. The molecule has 1 N–H and O–H groups in total. The van der Waals surface area contributed by atoms with E-state index >= 15 is 0 Å². The van der Waals surface area contributed by atoms with Gasteiger partial charge in [0.15, 0.2) is 18.9 Å². The topological polar surface area (TPSA) is 159 Å². The molecule has 16 nitrogen and oxygen atoms in total. The van der Waals surface area contributed by atoms with Crippen LogP contribution in [-0.4, -0.2) is 124 Å². The first-order chi connectivity index (χ1) is 48.5. The maximum absolute atomic E-state index is 13.4. The third-order valence-electron chi connectivity index (χ3n) is 17.5. The molecule has 3 aliphatic heterocycles. The van der Waals surface area contributed by atoms with E-state index in [4.69, 9.17) is 71.1 Å². The molecular formula is C82H88O16. The Bertz CT molecular complexity index is 3610. The van der Waals surface area contributed by atoms with Gasteiger partial charge in [0, 0.05) is 7.11 Å². The van der Waals surface area contributed by atoms with Crippen LogP contribution in [0.4, 0.5) is 0 Å². The highest BCUT2D eigenvalue weighted by Gasteiger charge is 2.57. The molecule has 0 unspecified atom stereocenters. The highest BCUT2D eigenvalue weighted by molar-refractivity contribution is 5.21. The van der Waals surface area contributed by atoms with Gasteiger partial charge in [0.1, 0.15) is 73.2 Å². The van der Waals surface area contributed by atoms with Crippen LogP contribution in [-0.2, 0) is 131 Å². The molecule has 0 saturated carbocycles. The van der Waals surface area contributed by atoms with Crippen molar-refractivity contribution in [2.45, 2.75) is 152 Å². The van der Waals surface area contributed by atoms with Crippen LogP contribution in [0.2, 0.25) is 0 Å². The summed E-state index contributed by atoms with van der Waals surface area (Å²) < 4.78 is 106. The Balaban J connectivity index is 0.976. The van der Waals surface area contributed by atoms with Crippen molar-refractivity contribution in [1.29, 1.82) is 0 Å². The average molecular weight is 1330 g/mol. The van der Waals surface area contributed by atoms with Crippen molar-refractivity contribution in [2.24, 2.45) is 0 Å². The van der Waals surface area contributed by atoms with Crippen LogP contribution in [0.1, 0.15) is 50.1 Å². The Morgan fingerprint density at radius 2 is 0.480 bits per heavy atom. The lowest BCUT2D eigenvalue weighted by Gasteiger charge is -2.51. The molecule has 3 heterocycles. The molecule has 3 saturated heterocycles. The van der Waals surface area contributed by atoms with E-state index in [2.05, 4.69) is 0 Å². The zero-order chi connectivity index (χ0) is 66.8. The summed E-state index contributed by atoms with van der Waals surface area (Å²) >= 11 is 0. The van der Waals surface area contributed by atoms with Crippen LogP contribution in [0.3, 0.4) is 0 Å². The van der Waals surface area contributed by atoms with Gasteiger partial charge in [-0.3, -0.25) is 0 Å². The Hall–Kier alpha value is -7.66. The zero-order valence-corrected chi connectivity index (χ0v) is 55.2. The van der Waals surface area contributed by atoms with E-state index in [0.717, 1.165) is 50.1 Å². The summed E-state index contributed by atoms with van der Waals surface area (Å²) in [5.74, 6) is 0. The molecule has 0 radical (unpaired) electrons. The second-order valence-electron chi connectivity index (χ2n) is 24.6. The van der Waals surface area contributed by atoms with Gasteiger partial charge >= 0.3 is 0 Å². The molecule has 9 aromatic carbocycles. The van der Waals surface area contributed by atoms with Gasteiger partial charge in [-0.15, -0.1) is 0 Å². The first-order valence-electron chi connectivity index (χ1n) is 33.7. The van der Waals surface area contributed by atoms with Gasteiger partial charge in [0.25, 0.3) is 0 Å². The molecule has 0 aliphatic carbocycles. The molecule has 9 aromatic rings. The first-order valence-corrected chi connectivity index (χ1v) is 33.7. The summed E-state index contributed by atoms with van der Waals surface area (Å²) in [6, 6.07) is 89.1. The average Bonchev–Trinajstić information content (AvgIpc) is 0.765. The van der Waals surface area contributed by atoms with Crippen LogP contribution in [0.25, 0.3) is 0 Å². The molecule has 12 rings (SSSR count). The van der Waals surface area contributed by atoms with Crippen molar-refractivity contribution in [3.8, 4) is 0 Å². The second kappa shape index (κ2) is 37.5. The summed E-state index contributed by atoms with van der Waals surface area (Å²) in [4.78, 5) is 0. The van der Waals surface area contributed by atoms with Crippen LogP contribution in [0, 0.1) is 0 Å². The van der Waals surface area contributed by atoms with Crippen LogP contribution >= 0.6 is 0 Å². The van der Waals surface area contributed by atoms with Gasteiger partial charge in [-0.2, -0.15) is 0 Å². The van der Waals surface area contributed by atoms with E-state index in [9.17, 15) is 5.11 Å². The molecule has 0 spiro atoms. The van der Waals surface area contributed by atoms with Crippen molar-refractivity contribution >= 4 is 0 Å². The Morgan fingerprint density at radius 3 is 0.796 bits per heavy atom. The Labute approximate surface area is 575 Å². The number of hydrogen-bond donors (Lipinski definition) is 1. The molecule has 0 bridgehead atoms. The largest absolute Gasteiger partial charge is 0.385 e. The Morgan fingerprint density at radius 1 is 0.245 bits per heavy atom. The van der Waals surface area contributed by atoms with Crippen LogP contribution < -0.4 is 0 Å². The lowest BCUT2D eigenvalue weighted by molar-refractivity contribution is -0.400. The molecule has 98 heavy (non-hydrogen) atoms. The van der Waals surface area contributed by atoms with Crippen LogP contribution in [0.5, 0.6) is 0 Å². The predicted molar refractivity (Wildman–Crippen MR) is 367 cm³/mol. The van der Waals surface area contributed by atoms with Crippen molar-refractivity contribution in [1.82, 2.24) is 0 Å². The smallest absolute Gasteiger partial charge is 0.187 e. The summed E-state index contributed by atoms with van der Waals surface area (Å²) in [5.41, 5.74) is 8.28. The fourth-order valence-corrected chi connectivity index (χ4v) is 12.4. The molecule has 0 aromatic heterocycles. The molecule has 3 fully saturated rings. The number of ether oxygens (including phenoxy) is 15. The number of benzene rings is 9. The van der Waals surface area contributed by atoms with Gasteiger partial charge in [-0.25, -0.2) is 0 Å². The highest BCUT2D eigenvalue weighted by Crippen LogP contribution is 2.39. The fraction of sp³-hybridized carbons (Fsp3) is 0.341.